The first-order valence-electron chi connectivity index (χ1n) is 8.07. The van der Waals surface area contributed by atoms with Crippen LogP contribution in [0, 0.1) is 17.1 Å². The molecule has 1 fully saturated rings. The van der Waals surface area contributed by atoms with Gasteiger partial charge in [-0.1, -0.05) is 18.2 Å². The number of likely N-dealkylation sites (tertiary alicyclic amines) is 1. The van der Waals surface area contributed by atoms with E-state index in [1.165, 1.54) is 18.2 Å². The molecule has 1 saturated heterocycles. The molecule has 0 radical (unpaired) electrons. The highest BCUT2D eigenvalue weighted by molar-refractivity contribution is 5.95. The van der Waals surface area contributed by atoms with E-state index in [0.29, 0.717) is 0 Å². The van der Waals surface area contributed by atoms with Gasteiger partial charge in [0.05, 0.1) is 23.3 Å². The number of aliphatic hydroxyl groups excluding tert-OH is 1. The Morgan fingerprint density at radius 3 is 2.59 bits per heavy atom. The van der Waals surface area contributed by atoms with Crippen molar-refractivity contribution < 1.29 is 27.5 Å². The molecule has 1 N–H and O–H groups in total. The molecule has 140 valence electrons. The summed E-state index contributed by atoms with van der Waals surface area (Å²) in [7, 11) is 0. The molecule has 3 rings (SSSR count). The van der Waals surface area contributed by atoms with Crippen LogP contribution in [0.2, 0.25) is 0 Å². The Morgan fingerprint density at radius 1 is 1.22 bits per heavy atom. The second-order valence-corrected chi connectivity index (χ2v) is 6.25. The summed E-state index contributed by atoms with van der Waals surface area (Å²) < 4.78 is 53.5. The van der Waals surface area contributed by atoms with E-state index >= 15 is 0 Å². The number of hydrogen-bond acceptors (Lipinski definition) is 3. The van der Waals surface area contributed by atoms with Gasteiger partial charge in [-0.25, -0.2) is 4.39 Å². The molecule has 1 aliphatic heterocycles. The number of aliphatic hydroxyl groups is 1. The number of carbonyl (C=O) groups is 1. The van der Waals surface area contributed by atoms with Crippen molar-refractivity contribution in [1.29, 1.82) is 5.26 Å². The van der Waals surface area contributed by atoms with Gasteiger partial charge in [0.25, 0.3) is 5.91 Å². The molecule has 0 aromatic heterocycles. The van der Waals surface area contributed by atoms with Crippen LogP contribution in [0.25, 0.3) is 0 Å². The van der Waals surface area contributed by atoms with Crippen LogP contribution in [-0.4, -0.2) is 28.6 Å². The average Bonchev–Trinajstić information content (AvgIpc) is 3.02. The number of carbonyl (C=O) groups excluding carboxylic acids is 1. The summed E-state index contributed by atoms with van der Waals surface area (Å²) in [5, 5.41) is 18.9. The van der Waals surface area contributed by atoms with E-state index in [0.717, 1.165) is 29.2 Å². The van der Waals surface area contributed by atoms with Crippen LogP contribution in [0.3, 0.4) is 0 Å². The molecule has 1 amide bonds. The van der Waals surface area contributed by atoms with Gasteiger partial charge in [-0.3, -0.25) is 4.79 Å². The fourth-order valence-electron chi connectivity index (χ4n) is 3.29. The average molecular weight is 378 g/mol. The molecule has 0 saturated carbocycles. The van der Waals surface area contributed by atoms with Crippen LogP contribution in [0.5, 0.6) is 0 Å². The van der Waals surface area contributed by atoms with Crippen LogP contribution < -0.4 is 0 Å². The molecule has 2 unspecified atom stereocenters. The lowest BCUT2D eigenvalue weighted by atomic mass is 9.97. The van der Waals surface area contributed by atoms with Crippen molar-refractivity contribution in [3.63, 3.8) is 0 Å². The van der Waals surface area contributed by atoms with Crippen molar-refractivity contribution in [2.75, 3.05) is 6.54 Å². The summed E-state index contributed by atoms with van der Waals surface area (Å²) in [6, 6.07) is 8.69. The smallest absolute Gasteiger partial charge is 0.391 e. The molecule has 2 aromatic carbocycles. The van der Waals surface area contributed by atoms with Gasteiger partial charge in [-0.15, -0.1) is 0 Å². The van der Waals surface area contributed by atoms with Crippen molar-refractivity contribution in [3.05, 3.63) is 70.5 Å². The normalized spacial score (nSPS) is 19.8. The van der Waals surface area contributed by atoms with E-state index in [1.54, 1.807) is 6.07 Å². The standard InChI is InChI=1S/C19H14F4N2O2/c20-16-6-5-11(7-12(16)9-24)18(27)25-10-13(26)8-17(25)14-3-1-2-4-15(14)19(21,22)23/h1-7,13,17,26H,8,10H2. The Kier molecular flexibility index (Phi) is 4.89. The van der Waals surface area contributed by atoms with E-state index in [-0.39, 0.29) is 29.7 Å². The van der Waals surface area contributed by atoms with Crippen molar-refractivity contribution in [1.82, 2.24) is 4.90 Å². The molecule has 0 bridgehead atoms. The first-order valence-corrected chi connectivity index (χ1v) is 8.07. The van der Waals surface area contributed by atoms with Gasteiger partial charge in [0, 0.05) is 12.1 Å². The van der Waals surface area contributed by atoms with Gasteiger partial charge < -0.3 is 10.0 Å². The molecule has 1 aliphatic rings. The minimum Gasteiger partial charge on any atom is -0.391 e. The predicted molar refractivity (Wildman–Crippen MR) is 87.0 cm³/mol. The summed E-state index contributed by atoms with van der Waals surface area (Å²) in [5.41, 5.74) is -1.36. The number of rotatable bonds is 2. The minimum atomic E-state index is -4.61. The third-order valence-corrected chi connectivity index (χ3v) is 4.50. The molecule has 27 heavy (non-hydrogen) atoms. The third kappa shape index (κ3) is 3.64. The van der Waals surface area contributed by atoms with Crippen molar-refractivity contribution in [2.24, 2.45) is 0 Å². The summed E-state index contributed by atoms with van der Waals surface area (Å²) in [5.74, 6) is -1.47. The third-order valence-electron chi connectivity index (χ3n) is 4.50. The lowest BCUT2D eigenvalue weighted by Crippen LogP contribution is -2.32. The summed E-state index contributed by atoms with van der Waals surface area (Å²) in [6.45, 7) is -0.158. The van der Waals surface area contributed by atoms with Crippen LogP contribution in [0.1, 0.15) is 39.5 Å². The Balaban J connectivity index is 2.01. The lowest BCUT2D eigenvalue weighted by molar-refractivity contribution is -0.138. The fraction of sp³-hybridized carbons (Fsp3) is 0.263. The van der Waals surface area contributed by atoms with Gasteiger partial charge in [-0.2, -0.15) is 18.4 Å². The fourth-order valence-corrected chi connectivity index (χ4v) is 3.29. The van der Waals surface area contributed by atoms with E-state index in [9.17, 15) is 27.5 Å². The Labute approximate surface area is 152 Å². The van der Waals surface area contributed by atoms with Crippen molar-refractivity contribution in [3.8, 4) is 6.07 Å². The van der Waals surface area contributed by atoms with Crippen LogP contribution in [0.4, 0.5) is 17.6 Å². The molecule has 0 aliphatic carbocycles. The molecular weight excluding hydrogens is 364 g/mol. The zero-order valence-electron chi connectivity index (χ0n) is 13.9. The van der Waals surface area contributed by atoms with E-state index in [4.69, 9.17) is 5.26 Å². The molecule has 0 spiro atoms. The molecule has 1 heterocycles. The number of nitrogens with zero attached hydrogens (tertiary/aromatic N) is 2. The maximum Gasteiger partial charge on any atom is 0.416 e. The van der Waals surface area contributed by atoms with Crippen LogP contribution >= 0.6 is 0 Å². The van der Waals surface area contributed by atoms with Gasteiger partial charge in [-0.05, 0) is 36.2 Å². The van der Waals surface area contributed by atoms with Crippen molar-refractivity contribution in [2.45, 2.75) is 24.7 Å². The van der Waals surface area contributed by atoms with Gasteiger partial charge in [0.15, 0.2) is 0 Å². The Morgan fingerprint density at radius 2 is 1.93 bits per heavy atom. The van der Waals surface area contributed by atoms with Crippen molar-refractivity contribution >= 4 is 5.91 Å². The molecule has 2 atom stereocenters. The number of amides is 1. The number of β-amino-alcohol motifs (C(OH)–C–C–N with tert-alkyl or cyclic N) is 1. The molecule has 2 aromatic rings. The van der Waals surface area contributed by atoms with Gasteiger partial charge >= 0.3 is 6.18 Å². The minimum absolute atomic E-state index is 0.0310. The van der Waals surface area contributed by atoms with E-state index in [2.05, 4.69) is 0 Å². The lowest BCUT2D eigenvalue weighted by Gasteiger charge is -2.27. The highest BCUT2D eigenvalue weighted by Gasteiger charge is 2.41. The predicted octanol–water partition coefficient (Wildman–Crippen LogP) is 3.66. The highest BCUT2D eigenvalue weighted by atomic mass is 19.4. The number of halogens is 4. The summed E-state index contributed by atoms with van der Waals surface area (Å²) in [4.78, 5) is 13.9. The summed E-state index contributed by atoms with van der Waals surface area (Å²) >= 11 is 0. The quantitative estimate of drug-likeness (QED) is 0.811. The molecule has 4 nitrogen and oxygen atoms in total. The highest BCUT2D eigenvalue weighted by Crippen LogP contribution is 2.40. The zero-order chi connectivity index (χ0) is 19.8. The largest absolute Gasteiger partial charge is 0.416 e. The van der Waals surface area contributed by atoms with Gasteiger partial charge in [0.2, 0.25) is 0 Å². The second kappa shape index (κ2) is 7.00. The maximum atomic E-state index is 13.5. The number of benzene rings is 2. The van der Waals surface area contributed by atoms with E-state index < -0.39 is 35.6 Å². The number of alkyl halides is 3. The molecule has 8 heteroatoms. The number of nitriles is 1. The maximum absolute atomic E-state index is 13.5. The SMILES string of the molecule is N#Cc1cc(C(=O)N2CC(O)CC2c2ccccc2C(F)(F)F)ccc1F. The van der Waals surface area contributed by atoms with Crippen LogP contribution in [-0.2, 0) is 6.18 Å². The monoisotopic (exact) mass is 378 g/mol. The second-order valence-electron chi connectivity index (χ2n) is 6.25. The number of hydrogen-bond donors (Lipinski definition) is 1. The molecular formula is C19H14F4N2O2. The first kappa shape index (κ1) is 18.9. The topological polar surface area (TPSA) is 64.3 Å². The first-order chi connectivity index (χ1) is 12.7. The van der Waals surface area contributed by atoms with Crippen LogP contribution in [0.15, 0.2) is 42.5 Å². The Bertz CT molecular complexity index is 921. The summed E-state index contributed by atoms with van der Waals surface area (Å²) in [6.07, 6.45) is -5.65. The zero-order valence-corrected chi connectivity index (χ0v) is 13.9. The Hall–Kier alpha value is -2.92. The van der Waals surface area contributed by atoms with Gasteiger partial charge in [0.1, 0.15) is 11.9 Å². The van der Waals surface area contributed by atoms with E-state index in [1.807, 2.05) is 0 Å².